The Hall–Kier alpha value is -1.96. The average molecular weight is 392 g/mol. The van der Waals surface area contributed by atoms with Crippen molar-refractivity contribution in [3.8, 4) is 0 Å². The van der Waals surface area contributed by atoms with E-state index < -0.39 is 35.1 Å². The minimum absolute atomic E-state index is 0.0544. The van der Waals surface area contributed by atoms with Gasteiger partial charge in [-0.25, -0.2) is 4.79 Å². The number of carbonyl (C=O) groups is 2. The molecule has 28 heavy (non-hydrogen) atoms. The standard InChI is InChI=1S/C21H32N2O5/c1-14(2)11-21(22,19(26)27-20(3,4)5)17-16(18(24)25)13-23(28-17)12-15-9-7-6-8-10-15/h6-10,14,16-17H,11-13,22H2,1-5H3,(H,24,25)/t16?,17?,21-/m0/s1. The maximum Gasteiger partial charge on any atom is 0.329 e. The molecule has 1 aromatic carbocycles. The number of hydrogen-bond donors (Lipinski definition) is 2. The van der Waals surface area contributed by atoms with Crippen molar-refractivity contribution in [1.82, 2.24) is 5.06 Å². The van der Waals surface area contributed by atoms with E-state index in [1.165, 1.54) is 0 Å². The van der Waals surface area contributed by atoms with Crippen molar-refractivity contribution in [2.45, 2.75) is 64.8 Å². The SMILES string of the molecule is CC(C)C[C@@](N)(C(=O)OC(C)(C)C)C1ON(Cc2ccccc2)CC1C(=O)O. The molecule has 3 atom stereocenters. The van der Waals surface area contributed by atoms with Gasteiger partial charge in [-0.2, -0.15) is 5.06 Å². The van der Waals surface area contributed by atoms with Crippen LogP contribution in [-0.4, -0.2) is 45.9 Å². The molecule has 2 rings (SSSR count). The molecule has 1 aliphatic heterocycles. The number of esters is 1. The van der Waals surface area contributed by atoms with Crippen molar-refractivity contribution in [2.24, 2.45) is 17.6 Å². The normalized spacial score (nSPS) is 22.8. The summed E-state index contributed by atoms with van der Waals surface area (Å²) in [4.78, 5) is 30.9. The maximum atomic E-state index is 13.0. The fourth-order valence-corrected chi connectivity index (χ4v) is 3.51. The molecular formula is C21H32N2O5. The van der Waals surface area contributed by atoms with E-state index in [-0.39, 0.29) is 18.9 Å². The van der Waals surface area contributed by atoms with Crippen LogP contribution in [0.3, 0.4) is 0 Å². The summed E-state index contributed by atoms with van der Waals surface area (Å²) >= 11 is 0. The van der Waals surface area contributed by atoms with Crippen LogP contribution in [0.5, 0.6) is 0 Å². The van der Waals surface area contributed by atoms with Crippen LogP contribution in [0.1, 0.15) is 46.6 Å². The van der Waals surface area contributed by atoms with Gasteiger partial charge in [0.05, 0.1) is 0 Å². The van der Waals surface area contributed by atoms with Gasteiger partial charge < -0.3 is 15.6 Å². The molecule has 156 valence electrons. The Balaban J connectivity index is 2.30. The molecule has 3 N–H and O–H groups in total. The molecule has 1 saturated heterocycles. The van der Waals surface area contributed by atoms with Crippen LogP contribution in [0.15, 0.2) is 30.3 Å². The molecule has 7 nitrogen and oxygen atoms in total. The van der Waals surface area contributed by atoms with E-state index >= 15 is 0 Å². The number of rotatable bonds is 7. The number of carboxylic acid groups (broad SMARTS) is 1. The Bertz CT molecular complexity index is 686. The van der Waals surface area contributed by atoms with Gasteiger partial charge in [-0.05, 0) is 38.7 Å². The lowest BCUT2D eigenvalue weighted by atomic mass is 9.79. The number of aliphatic carboxylic acids is 1. The smallest absolute Gasteiger partial charge is 0.329 e. The first-order valence-corrected chi connectivity index (χ1v) is 9.63. The predicted octanol–water partition coefficient (Wildman–Crippen LogP) is 2.59. The molecular weight excluding hydrogens is 360 g/mol. The Labute approximate surface area is 166 Å². The second-order valence-corrected chi connectivity index (χ2v) is 8.92. The van der Waals surface area contributed by atoms with Gasteiger partial charge in [0.25, 0.3) is 0 Å². The van der Waals surface area contributed by atoms with Crippen molar-refractivity contribution in [2.75, 3.05) is 6.54 Å². The second kappa shape index (κ2) is 8.59. The number of carbonyl (C=O) groups excluding carboxylic acids is 1. The summed E-state index contributed by atoms with van der Waals surface area (Å²) in [5.74, 6) is -2.55. The fraction of sp³-hybridized carbons (Fsp3) is 0.619. The fourth-order valence-electron chi connectivity index (χ4n) is 3.51. The lowest BCUT2D eigenvalue weighted by Gasteiger charge is -2.37. The van der Waals surface area contributed by atoms with Crippen LogP contribution in [0.4, 0.5) is 0 Å². The molecule has 7 heteroatoms. The lowest BCUT2D eigenvalue weighted by molar-refractivity contribution is -0.195. The molecule has 0 saturated carbocycles. The van der Waals surface area contributed by atoms with E-state index in [0.29, 0.717) is 6.54 Å². The molecule has 1 aliphatic rings. The monoisotopic (exact) mass is 392 g/mol. The van der Waals surface area contributed by atoms with Gasteiger partial charge >= 0.3 is 11.9 Å². The lowest BCUT2D eigenvalue weighted by Crippen LogP contribution is -2.62. The quantitative estimate of drug-likeness (QED) is 0.688. The summed E-state index contributed by atoms with van der Waals surface area (Å²) in [6.45, 7) is 9.69. The number of carboxylic acids is 1. The van der Waals surface area contributed by atoms with Crippen LogP contribution < -0.4 is 5.73 Å². The zero-order chi connectivity index (χ0) is 21.1. The van der Waals surface area contributed by atoms with Crippen molar-refractivity contribution in [3.63, 3.8) is 0 Å². The van der Waals surface area contributed by atoms with Crippen molar-refractivity contribution in [3.05, 3.63) is 35.9 Å². The highest BCUT2D eigenvalue weighted by atomic mass is 16.7. The molecule has 0 spiro atoms. The third-order valence-electron chi connectivity index (χ3n) is 4.58. The van der Waals surface area contributed by atoms with Crippen LogP contribution in [0.2, 0.25) is 0 Å². The highest BCUT2D eigenvalue weighted by Gasteiger charge is 2.55. The zero-order valence-corrected chi connectivity index (χ0v) is 17.3. The summed E-state index contributed by atoms with van der Waals surface area (Å²) in [5, 5.41) is 11.3. The van der Waals surface area contributed by atoms with E-state index in [1.807, 2.05) is 44.2 Å². The Morgan fingerprint density at radius 3 is 2.39 bits per heavy atom. The Morgan fingerprint density at radius 1 is 1.29 bits per heavy atom. The minimum Gasteiger partial charge on any atom is -0.481 e. The second-order valence-electron chi connectivity index (χ2n) is 8.92. The van der Waals surface area contributed by atoms with Crippen molar-refractivity contribution >= 4 is 11.9 Å². The Morgan fingerprint density at radius 2 is 1.89 bits per heavy atom. The zero-order valence-electron chi connectivity index (χ0n) is 17.3. The summed E-state index contributed by atoms with van der Waals surface area (Å²) in [6, 6.07) is 9.59. The summed E-state index contributed by atoms with van der Waals surface area (Å²) in [7, 11) is 0. The molecule has 0 radical (unpaired) electrons. The molecule has 2 unspecified atom stereocenters. The average Bonchev–Trinajstić information content (AvgIpc) is 2.98. The van der Waals surface area contributed by atoms with E-state index in [9.17, 15) is 14.7 Å². The predicted molar refractivity (Wildman–Crippen MR) is 105 cm³/mol. The molecule has 0 aromatic heterocycles. The van der Waals surface area contributed by atoms with Crippen LogP contribution in [-0.2, 0) is 25.7 Å². The summed E-state index contributed by atoms with van der Waals surface area (Å²) in [6.07, 6.45) is -0.749. The van der Waals surface area contributed by atoms with Gasteiger partial charge in [-0.3, -0.25) is 9.63 Å². The highest BCUT2D eigenvalue weighted by Crippen LogP contribution is 2.35. The van der Waals surface area contributed by atoms with Crippen LogP contribution in [0.25, 0.3) is 0 Å². The van der Waals surface area contributed by atoms with E-state index in [2.05, 4.69) is 0 Å². The molecule has 0 bridgehead atoms. The highest BCUT2D eigenvalue weighted by molar-refractivity contribution is 5.84. The van der Waals surface area contributed by atoms with Gasteiger partial charge in [-0.15, -0.1) is 0 Å². The maximum absolute atomic E-state index is 13.0. The van der Waals surface area contributed by atoms with Gasteiger partial charge in [0.2, 0.25) is 0 Å². The minimum atomic E-state index is -1.56. The summed E-state index contributed by atoms with van der Waals surface area (Å²) in [5.41, 5.74) is 5.24. The third kappa shape index (κ3) is 5.53. The number of benzene rings is 1. The number of nitrogens with two attached hydrogens (primary N) is 1. The van der Waals surface area contributed by atoms with Gasteiger partial charge in [0, 0.05) is 13.1 Å². The van der Waals surface area contributed by atoms with Gasteiger partial charge in [0.1, 0.15) is 23.2 Å². The number of hydrogen-bond acceptors (Lipinski definition) is 6. The molecule has 0 amide bonds. The van der Waals surface area contributed by atoms with Gasteiger partial charge in [0.15, 0.2) is 0 Å². The first kappa shape index (κ1) is 22.3. The van der Waals surface area contributed by atoms with Crippen LogP contribution >= 0.6 is 0 Å². The summed E-state index contributed by atoms with van der Waals surface area (Å²) < 4.78 is 5.54. The van der Waals surface area contributed by atoms with Gasteiger partial charge in [-0.1, -0.05) is 44.2 Å². The van der Waals surface area contributed by atoms with Crippen molar-refractivity contribution in [1.29, 1.82) is 0 Å². The first-order valence-electron chi connectivity index (χ1n) is 9.63. The van der Waals surface area contributed by atoms with E-state index in [1.54, 1.807) is 25.8 Å². The van der Waals surface area contributed by atoms with E-state index in [0.717, 1.165) is 5.56 Å². The van der Waals surface area contributed by atoms with E-state index in [4.69, 9.17) is 15.3 Å². The third-order valence-corrected chi connectivity index (χ3v) is 4.58. The molecule has 1 heterocycles. The topological polar surface area (TPSA) is 102 Å². The molecule has 1 fully saturated rings. The van der Waals surface area contributed by atoms with Crippen molar-refractivity contribution < 1.29 is 24.3 Å². The van der Waals surface area contributed by atoms with Crippen LogP contribution in [0, 0.1) is 11.8 Å². The number of hydroxylamine groups is 2. The molecule has 1 aromatic rings. The number of nitrogens with zero attached hydrogens (tertiary/aromatic N) is 1. The largest absolute Gasteiger partial charge is 0.481 e. The first-order chi connectivity index (χ1) is 12.9. The molecule has 0 aliphatic carbocycles. The number of ether oxygens (including phenoxy) is 1. The Kier molecular flexibility index (Phi) is 6.85.